The molecule has 1 amide bonds. The number of anilines is 1. The van der Waals surface area contributed by atoms with E-state index in [1.54, 1.807) is 31.3 Å². The number of carboxylic acid groups (broad SMARTS) is 1. The van der Waals surface area contributed by atoms with Crippen LogP contribution in [0.4, 0.5) is 5.69 Å². The molecule has 7 nitrogen and oxygen atoms in total. The van der Waals surface area contributed by atoms with Crippen molar-refractivity contribution in [3.05, 3.63) is 24.3 Å². The molecule has 20 heavy (non-hydrogen) atoms. The van der Waals surface area contributed by atoms with Gasteiger partial charge in [-0.25, -0.2) is 0 Å². The van der Waals surface area contributed by atoms with Crippen LogP contribution in [0.5, 0.6) is 0 Å². The van der Waals surface area contributed by atoms with Gasteiger partial charge in [-0.05, 0) is 0 Å². The molecular weight excluding hydrogens is 327 g/mol. The monoisotopic (exact) mass is 343 g/mol. The summed E-state index contributed by atoms with van der Waals surface area (Å²) in [5, 5.41) is 20.2. The van der Waals surface area contributed by atoms with Crippen molar-refractivity contribution in [2.75, 3.05) is 11.9 Å². The number of aliphatic carboxylic acids is 1. The average Bonchev–Trinajstić information content (AvgIpc) is 2.44. The molecule has 0 aliphatic carbocycles. The molecule has 0 bridgehead atoms. The normalized spacial score (nSPS) is 10.3. The van der Waals surface area contributed by atoms with Crippen molar-refractivity contribution in [2.45, 2.75) is 19.3 Å². The van der Waals surface area contributed by atoms with Crippen LogP contribution in [0.25, 0.3) is 0 Å². The zero-order chi connectivity index (χ0) is 15.0. The van der Waals surface area contributed by atoms with Crippen LogP contribution in [-0.2, 0) is 18.5 Å². The summed E-state index contributed by atoms with van der Waals surface area (Å²) in [5.74, 6) is -1.04. The number of carbonyl (C=O) groups is 2. The predicted octanol–water partition coefficient (Wildman–Crippen LogP) is 0.570. The van der Waals surface area contributed by atoms with E-state index in [1.165, 1.54) is 4.90 Å². The molecule has 0 saturated heterocycles. The average molecular weight is 342 g/mol. The second kappa shape index (κ2) is 8.69. The Kier molecular flexibility index (Phi) is 7.23. The molecular formula is C12H15GeNO6. The van der Waals surface area contributed by atoms with Gasteiger partial charge in [0, 0.05) is 0 Å². The molecule has 0 aliphatic heterocycles. The summed E-state index contributed by atoms with van der Waals surface area (Å²) < 4.78 is 5.38. The maximum atomic E-state index is 11.8. The molecule has 8 heteroatoms. The molecule has 1 rings (SSSR count). The van der Waals surface area contributed by atoms with Crippen molar-refractivity contribution in [1.29, 1.82) is 0 Å². The topological polar surface area (TPSA) is 96.3 Å². The van der Waals surface area contributed by atoms with Crippen molar-refractivity contribution >= 4 is 37.7 Å². The number of amides is 1. The zero-order valence-electron chi connectivity index (χ0n) is 10.9. The summed E-state index contributed by atoms with van der Waals surface area (Å²) in [4.78, 5) is 23.7. The third kappa shape index (κ3) is 5.70. The first-order valence-corrected chi connectivity index (χ1v) is 7.76. The number of hydrogen-bond acceptors (Lipinski definition) is 5. The molecule has 1 aromatic rings. The molecule has 0 fully saturated rings. The van der Waals surface area contributed by atoms with Crippen LogP contribution < -0.4 is 9.30 Å². The standard InChI is InChI=1S/C12H15GeNO6/c1-14(11(15)3-2-4-12(16)17)10-7-5-9(6-8-10)13-19-20-18/h5-8,18H,2-4H2,1H3,(H,16,17). The molecule has 0 aliphatic rings. The Morgan fingerprint density at radius 2 is 1.90 bits per heavy atom. The van der Waals surface area contributed by atoms with Gasteiger partial charge in [-0.2, -0.15) is 0 Å². The van der Waals surface area contributed by atoms with Crippen molar-refractivity contribution < 1.29 is 28.9 Å². The Labute approximate surface area is 122 Å². The van der Waals surface area contributed by atoms with Crippen LogP contribution in [-0.4, -0.2) is 45.1 Å². The third-order valence-corrected chi connectivity index (χ3v) is 4.13. The van der Waals surface area contributed by atoms with Crippen molar-refractivity contribution in [3.63, 3.8) is 0 Å². The van der Waals surface area contributed by atoms with Crippen molar-refractivity contribution in [2.24, 2.45) is 0 Å². The van der Waals surface area contributed by atoms with Crippen LogP contribution in [0.1, 0.15) is 19.3 Å². The van der Waals surface area contributed by atoms with Gasteiger partial charge in [0.25, 0.3) is 0 Å². The SMILES string of the molecule is CN(C(=O)CCCC(=O)O)c1cc[c]([Ge][O]OO)cc1. The number of nitrogens with zero attached hydrogens (tertiary/aromatic N) is 1. The first-order valence-electron chi connectivity index (χ1n) is 5.86. The van der Waals surface area contributed by atoms with E-state index >= 15 is 0 Å². The Morgan fingerprint density at radius 1 is 1.25 bits per heavy atom. The molecule has 2 radical (unpaired) electrons. The van der Waals surface area contributed by atoms with E-state index in [0.717, 1.165) is 4.40 Å². The Hall–Kier alpha value is -1.42. The van der Waals surface area contributed by atoms with E-state index in [0.29, 0.717) is 12.1 Å². The molecule has 2 N–H and O–H groups in total. The Balaban J connectivity index is 2.51. The summed E-state index contributed by atoms with van der Waals surface area (Å²) in [6.07, 6.45) is 0.506. The first kappa shape index (κ1) is 16.6. The quantitative estimate of drug-likeness (QED) is 0.407. The number of carbonyl (C=O) groups excluding carboxylic acids is 1. The molecule has 1 aromatic carbocycles. The van der Waals surface area contributed by atoms with Gasteiger partial charge >= 0.3 is 122 Å². The number of rotatable bonds is 8. The van der Waals surface area contributed by atoms with E-state index in [1.807, 2.05) is 0 Å². The molecule has 0 heterocycles. The Morgan fingerprint density at radius 3 is 2.45 bits per heavy atom. The van der Waals surface area contributed by atoms with Crippen molar-refractivity contribution in [1.82, 2.24) is 0 Å². The van der Waals surface area contributed by atoms with Gasteiger partial charge in [0.15, 0.2) is 0 Å². The van der Waals surface area contributed by atoms with E-state index in [2.05, 4.69) is 8.95 Å². The fourth-order valence-electron chi connectivity index (χ4n) is 1.52. The minimum absolute atomic E-state index is 0.0118. The van der Waals surface area contributed by atoms with Gasteiger partial charge in [0.05, 0.1) is 0 Å². The fraction of sp³-hybridized carbons (Fsp3) is 0.333. The van der Waals surface area contributed by atoms with Crippen molar-refractivity contribution in [3.8, 4) is 0 Å². The third-order valence-electron chi connectivity index (χ3n) is 2.61. The van der Waals surface area contributed by atoms with Gasteiger partial charge in [0.1, 0.15) is 0 Å². The van der Waals surface area contributed by atoms with Crippen LogP contribution in [0.2, 0.25) is 0 Å². The molecule has 0 saturated carbocycles. The molecule has 108 valence electrons. The van der Waals surface area contributed by atoms with Crippen LogP contribution >= 0.6 is 0 Å². The molecule has 0 unspecified atom stereocenters. The minimum atomic E-state index is -1.01. The molecule has 0 aromatic heterocycles. The van der Waals surface area contributed by atoms with Gasteiger partial charge < -0.3 is 0 Å². The summed E-state index contributed by atoms with van der Waals surface area (Å²) in [7, 11) is 1.64. The van der Waals surface area contributed by atoms with Gasteiger partial charge in [-0.3, -0.25) is 0 Å². The van der Waals surface area contributed by atoms with Gasteiger partial charge in [-0.15, -0.1) is 0 Å². The number of carboxylic acids is 1. The summed E-state index contributed by atoms with van der Waals surface area (Å²) in [6, 6.07) is 7.09. The fourth-order valence-corrected chi connectivity index (χ4v) is 2.44. The van der Waals surface area contributed by atoms with Crippen LogP contribution in [0.15, 0.2) is 24.3 Å². The predicted molar refractivity (Wildman–Crippen MR) is 71.5 cm³/mol. The molecule has 0 atom stereocenters. The Bertz CT molecular complexity index is 450. The van der Waals surface area contributed by atoms with E-state index in [-0.39, 0.29) is 18.7 Å². The zero-order valence-corrected chi connectivity index (χ0v) is 13.0. The maximum absolute atomic E-state index is 11.8. The van der Waals surface area contributed by atoms with Gasteiger partial charge in [0.2, 0.25) is 0 Å². The first-order chi connectivity index (χ1) is 9.54. The van der Waals surface area contributed by atoms with E-state index in [9.17, 15) is 9.59 Å². The molecule has 0 spiro atoms. The second-order valence-corrected chi connectivity index (χ2v) is 6.00. The van der Waals surface area contributed by atoms with Crippen LogP contribution in [0.3, 0.4) is 0 Å². The van der Waals surface area contributed by atoms with Crippen LogP contribution in [0, 0.1) is 0 Å². The summed E-state index contributed by atoms with van der Waals surface area (Å²) in [5.41, 5.74) is 0.714. The van der Waals surface area contributed by atoms with E-state index in [4.69, 9.17) is 10.4 Å². The second-order valence-electron chi connectivity index (χ2n) is 4.01. The number of benzene rings is 1. The number of hydrogen-bond donors (Lipinski definition) is 2. The summed E-state index contributed by atoms with van der Waals surface area (Å²) >= 11 is -1.01. The summed E-state index contributed by atoms with van der Waals surface area (Å²) in [6.45, 7) is 0. The van der Waals surface area contributed by atoms with E-state index < -0.39 is 21.7 Å². The van der Waals surface area contributed by atoms with Gasteiger partial charge in [-0.1, -0.05) is 0 Å².